The second-order valence-corrected chi connectivity index (χ2v) is 5.45. The number of amides is 1. The van der Waals surface area contributed by atoms with Gasteiger partial charge in [0.1, 0.15) is 0 Å². The van der Waals surface area contributed by atoms with E-state index < -0.39 is 48.0 Å². The van der Waals surface area contributed by atoms with Crippen molar-refractivity contribution in [2.75, 3.05) is 0 Å². The Labute approximate surface area is 119 Å². The van der Waals surface area contributed by atoms with Gasteiger partial charge in [0.15, 0.2) is 0 Å². The molecule has 2 rings (SSSR count). The molecule has 8 heteroatoms. The summed E-state index contributed by atoms with van der Waals surface area (Å²) in [6.45, 7) is 0. The molecule has 110 valence electrons. The zero-order valence-electron chi connectivity index (χ0n) is 9.90. The third-order valence-corrected chi connectivity index (χ3v) is 3.63. The number of benzene rings is 1. The summed E-state index contributed by atoms with van der Waals surface area (Å²) in [5.41, 5.74) is -1.69. The van der Waals surface area contributed by atoms with E-state index in [-0.39, 0.29) is 4.47 Å². The van der Waals surface area contributed by atoms with Gasteiger partial charge in [-0.2, -0.15) is 13.2 Å². The Morgan fingerprint density at radius 3 is 2.40 bits per heavy atom. The molecule has 1 fully saturated rings. The van der Waals surface area contributed by atoms with Crippen LogP contribution in [-0.4, -0.2) is 17.9 Å². The molecule has 0 aliphatic heterocycles. The largest absolute Gasteiger partial charge is 0.417 e. The van der Waals surface area contributed by atoms with Crippen LogP contribution in [-0.2, 0) is 6.18 Å². The lowest BCUT2D eigenvalue weighted by molar-refractivity contribution is -0.138. The van der Waals surface area contributed by atoms with Crippen LogP contribution in [0.25, 0.3) is 0 Å². The summed E-state index contributed by atoms with van der Waals surface area (Å²) >= 11 is 2.88. The van der Waals surface area contributed by atoms with Crippen LogP contribution in [0.1, 0.15) is 28.8 Å². The van der Waals surface area contributed by atoms with E-state index in [2.05, 4.69) is 21.2 Å². The molecule has 1 amide bonds. The highest BCUT2D eigenvalue weighted by atomic mass is 79.9. The van der Waals surface area contributed by atoms with Crippen molar-refractivity contribution >= 4 is 21.8 Å². The lowest BCUT2D eigenvalue weighted by atomic mass is 9.88. The van der Waals surface area contributed by atoms with E-state index in [4.69, 9.17) is 0 Å². The quantitative estimate of drug-likeness (QED) is 0.796. The van der Waals surface area contributed by atoms with E-state index in [0.29, 0.717) is 0 Å². The second-order valence-electron chi connectivity index (χ2n) is 4.59. The highest BCUT2D eigenvalue weighted by molar-refractivity contribution is 9.10. The van der Waals surface area contributed by atoms with Crippen LogP contribution in [0.5, 0.6) is 0 Å². The smallest absolute Gasteiger partial charge is 0.349 e. The van der Waals surface area contributed by atoms with Gasteiger partial charge in [-0.15, -0.1) is 0 Å². The van der Waals surface area contributed by atoms with Gasteiger partial charge in [0.2, 0.25) is 0 Å². The van der Waals surface area contributed by atoms with E-state index in [1.807, 2.05) is 0 Å². The van der Waals surface area contributed by atoms with Gasteiger partial charge in [-0.1, -0.05) is 6.07 Å². The van der Waals surface area contributed by atoms with E-state index in [1.165, 1.54) is 6.07 Å². The molecule has 2 nitrogen and oxygen atoms in total. The molecule has 0 unspecified atom stereocenters. The first kappa shape index (κ1) is 15.2. The lowest BCUT2D eigenvalue weighted by Crippen LogP contribution is -2.50. The van der Waals surface area contributed by atoms with Crippen LogP contribution < -0.4 is 5.32 Å². The predicted molar refractivity (Wildman–Crippen MR) is 64.6 cm³/mol. The van der Waals surface area contributed by atoms with Crippen LogP contribution in [0.3, 0.4) is 0 Å². The fourth-order valence-corrected chi connectivity index (χ4v) is 2.56. The third kappa shape index (κ3) is 3.11. The van der Waals surface area contributed by atoms with Crippen molar-refractivity contribution in [3.05, 3.63) is 33.8 Å². The summed E-state index contributed by atoms with van der Waals surface area (Å²) in [6, 6.07) is 2.42. The van der Waals surface area contributed by atoms with E-state index >= 15 is 0 Å². The van der Waals surface area contributed by atoms with Crippen LogP contribution >= 0.6 is 15.9 Å². The van der Waals surface area contributed by atoms with Crippen molar-refractivity contribution < 1.29 is 26.7 Å². The Bertz CT molecular complexity index is 535. The standard InChI is InChI=1S/C12H9BrF5NO/c13-8-3-1-2-7(12(16,17)18)9(8)10(20)19-6-4-11(14,15)5-6/h1-3,6H,4-5H2,(H,19,20). The molecule has 0 atom stereocenters. The van der Waals surface area contributed by atoms with Gasteiger partial charge in [0.25, 0.3) is 11.8 Å². The van der Waals surface area contributed by atoms with E-state index in [1.54, 1.807) is 0 Å². The van der Waals surface area contributed by atoms with Crippen LogP contribution in [0.15, 0.2) is 22.7 Å². The summed E-state index contributed by atoms with van der Waals surface area (Å²) in [4.78, 5) is 11.9. The summed E-state index contributed by atoms with van der Waals surface area (Å²) < 4.78 is 63.7. The first-order valence-corrected chi connectivity index (χ1v) is 6.44. The number of halogens is 6. The minimum Gasteiger partial charge on any atom is -0.349 e. The van der Waals surface area contributed by atoms with E-state index in [0.717, 1.165) is 12.1 Å². The van der Waals surface area contributed by atoms with Crippen molar-refractivity contribution in [3.63, 3.8) is 0 Å². The van der Waals surface area contributed by atoms with Crippen molar-refractivity contribution in [1.82, 2.24) is 5.32 Å². The van der Waals surface area contributed by atoms with Crippen LogP contribution in [0.4, 0.5) is 22.0 Å². The molecule has 1 aliphatic carbocycles. The maximum Gasteiger partial charge on any atom is 0.417 e. The molecule has 0 heterocycles. The van der Waals surface area contributed by atoms with Gasteiger partial charge in [-0.25, -0.2) is 8.78 Å². The summed E-state index contributed by atoms with van der Waals surface area (Å²) in [5, 5.41) is 2.19. The Morgan fingerprint density at radius 2 is 1.90 bits per heavy atom. The Balaban J connectivity index is 2.22. The molecular weight excluding hydrogens is 349 g/mol. The molecule has 1 aromatic rings. The molecular formula is C12H9BrF5NO. The van der Waals surface area contributed by atoms with Gasteiger partial charge >= 0.3 is 6.18 Å². The zero-order valence-corrected chi connectivity index (χ0v) is 11.5. The minimum atomic E-state index is -4.69. The predicted octanol–water partition coefficient (Wildman–Crippen LogP) is 4.00. The average molecular weight is 358 g/mol. The molecule has 20 heavy (non-hydrogen) atoms. The molecule has 0 bridgehead atoms. The highest BCUT2D eigenvalue weighted by Gasteiger charge is 2.46. The van der Waals surface area contributed by atoms with Gasteiger partial charge < -0.3 is 5.32 Å². The van der Waals surface area contributed by atoms with Crippen LogP contribution in [0.2, 0.25) is 0 Å². The number of rotatable bonds is 2. The fraction of sp³-hybridized carbons (Fsp3) is 0.417. The number of hydrogen-bond acceptors (Lipinski definition) is 1. The molecule has 0 radical (unpaired) electrons. The number of carbonyl (C=O) groups is 1. The van der Waals surface area contributed by atoms with Gasteiger partial charge in [0, 0.05) is 23.4 Å². The minimum absolute atomic E-state index is 0.0316. The summed E-state index contributed by atoms with van der Waals surface area (Å²) in [5.74, 6) is -3.86. The van der Waals surface area contributed by atoms with Crippen molar-refractivity contribution in [2.45, 2.75) is 31.0 Å². The second kappa shape index (κ2) is 4.98. The molecule has 1 aromatic carbocycles. The molecule has 0 saturated heterocycles. The Kier molecular flexibility index (Phi) is 3.79. The number of alkyl halides is 5. The third-order valence-electron chi connectivity index (χ3n) is 2.97. The Hall–Kier alpha value is -1.18. The van der Waals surface area contributed by atoms with Gasteiger partial charge in [0.05, 0.1) is 11.1 Å². The molecule has 1 aliphatic rings. The van der Waals surface area contributed by atoms with Gasteiger partial charge in [-0.05, 0) is 28.1 Å². The fourth-order valence-electron chi connectivity index (χ4n) is 2.01. The SMILES string of the molecule is O=C(NC1CC(F)(F)C1)c1c(Br)cccc1C(F)(F)F. The first-order valence-electron chi connectivity index (χ1n) is 5.64. The number of hydrogen-bond donors (Lipinski definition) is 1. The van der Waals surface area contributed by atoms with Crippen molar-refractivity contribution in [1.29, 1.82) is 0 Å². The average Bonchev–Trinajstić information content (AvgIpc) is 2.24. The van der Waals surface area contributed by atoms with Crippen LogP contribution in [0, 0.1) is 0 Å². The molecule has 1 saturated carbocycles. The lowest BCUT2D eigenvalue weighted by Gasteiger charge is -2.35. The number of carbonyl (C=O) groups excluding carboxylic acids is 1. The summed E-state index contributed by atoms with van der Waals surface area (Å²) in [6.07, 6.45) is -5.80. The first-order chi connectivity index (χ1) is 9.10. The molecule has 0 spiro atoms. The van der Waals surface area contributed by atoms with Crippen molar-refractivity contribution in [3.8, 4) is 0 Å². The summed E-state index contributed by atoms with van der Waals surface area (Å²) in [7, 11) is 0. The zero-order chi connectivity index (χ0) is 15.1. The maximum atomic E-state index is 12.8. The maximum absolute atomic E-state index is 12.8. The molecule has 1 N–H and O–H groups in total. The van der Waals surface area contributed by atoms with Gasteiger partial charge in [-0.3, -0.25) is 4.79 Å². The monoisotopic (exact) mass is 357 g/mol. The highest BCUT2D eigenvalue weighted by Crippen LogP contribution is 2.39. The molecule has 0 aromatic heterocycles. The van der Waals surface area contributed by atoms with E-state index in [9.17, 15) is 26.7 Å². The normalized spacial score (nSPS) is 18.5. The number of nitrogens with one attached hydrogen (secondary N) is 1. The topological polar surface area (TPSA) is 29.1 Å². The van der Waals surface area contributed by atoms with Crippen molar-refractivity contribution in [2.24, 2.45) is 0 Å². The Morgan fingerprint density at radius 1 is 1.30 bits per heavy atom.